The van der Waals surface area contributed by atoms with Crippen LogP contribution in [0.1, 0.15) is 15.9 Å². The predicted octanol–water partition coefficient (Wildman–Crippen LogP) is 1.06. The minimum absolute atomic E-state index is 0.326. The number of rotatable bonds is 2. The van der Waals surface area contributed by atoms with Gasteiger partial charge in [-0.3, -0.25) is 10.1 Å². The molecule has 0 unspecified atom stereocenters. The van der Waals surface area contributed by atoms with Crippen LogP contribution in [0.15, 0.2) is 24.3 Å². The summed E-state index contributed by atoms with van der Waals surface area (Å²) in [5.41, 5.74) is 0.831. The summed E-state index contributed by atoms with van der Waals surface area (Å²) in [6, 6.07) is 8.36. The van der Waals surface area contributed by atoms with E-state index in [0.717, 1.165) is 11.5 Å². The molecule has 0 fully saturated rings. The van der Waals surface area contributed by atoms with Crippen molar-refractivity contribution < 1.29 is 4.79 Å². The Morgan fingerprint density at radius 3 is 3.06 bits per heavy atom. The first-order valence-electron chi connectivity index (χ1n) is 4.26. The number of hydrogen-bond donors (Lipinski definition) is 1. The third kappa shape index (κ3) is 2.18. The van der Waals surface area contributed by atoms with Crippen LogP contribution in [0.3, 0.4) is 0 Å². The summed E-state index contributed by atoms with van der Waals surface area (Å²) >= 11 is 0.987. The number of carbonyl (C=O) groups excluding carboxylic acids is 1. The van der Waals surface area contributed by atoms with E-state index in [1.807, 2.05) is 6.07 Å². The molecule has 16 heavy (non-hydrogen) atoms. The van der Waals surface area contributed by atoms with Crippen LogP contribution < -0.4 is 5.32 Å². The van der Waals surface area contributed by atoms with E-state index < -0.39 is 0 Å². The highest BCUT2D eigenvalue weighted by molar-refractivity contribution is 7.09. The van der Waals surface area contributed by atoms with E-state index in [0.29, 0.717) is 16.3 Å². The van der Waals surface area contributed by atoms with Crippen molar-refractivity contribution in [3.8, 4) is 6.07 Å². The second kappa shape index (κ2) is 4.46. The molecule has 1 N–H and O–H groups in total. The molecule has 0 aliphatic rings. The molecule has 0 saturated carbocycles. The number of nitriles is 1. The molecule has 1 aromatic carbocycles. The van der Waals surface area contributed by atoms with Crippen molar-refractivity contribution in [1.29, 1.82) is 5.26 Å². The summed E-state index contributed by atoms with van der Waals surface area (Å²) in [5, 5.41) is 18.5. The van der Waals surface area contributed by atoms with Gasteiger partial charge in [-0.05, 0) is 23.4 Å². The third-order valence-corrected chi connectivity index (χ3v) is 2.29. The molecule has 2 rings (SSSR count). The zero-order chi connectivity index (χ0) is 11.4. The van der Waals surface area contributed by atoms with Gasteiger partial charge in [0.15, 0.2) is 0 Å². The Morgan fingerprint density at radius 1 is 1.50 bits per heavy atom. The number of aromatic nitrogens is 3. The summed E-state index contributed by atoms with van der Waals surface area (Å²) in [6.45, 7) is 0. The fourth-order valence-electron chi connectivity index (χ4n) is 1.08. The summed E-state index contributed by atoms with van der Waals surface area (Å²) < 4.78 is 3.52. The monoisotopic (exact) mass is 231 g/mol. The van der Waals surface area contributed by atoms with Crippen LogP contribution in [-0.2, 0) is 0 Å². The van der Waals surface area contributed by atoms with Crippen LogP contribution in [0.2, 0.25) is 0 Å². The first-order valence-corrected chi connectivity index (χ1v) is 5.03. The van der Waals surface area contributed by atoms with Gasteiger partial charge in [0.2, 0.25) is 5.13 Å². The third-order valence-electron chi connectivity index (χ3n) is 1.77. The molecule has 1 aromatic heterocycles. The SMILES string of the molecule is N#Cc1cccc(C(=O)Nc2nnns2)c1. The maximum atomic E-state index is 11.7. The molecule has 0 bridgehead atoms. The van der Waals surface area contributed by atoms with Gasteiger partial charge in [0.05, 0.1) is 11.6 Å². The van der Waals surface area contributed by atoms with Crippen molar-refractivity contribution in [1.82, 2.24) is 14.8 Å². The van der Waals surface area contributed by atoms with Crippen LogP contribution in [0.4, 0.5) is 5.13 Å². The molecule has 0 saturated heterocycles. The van der Waals surface area contributed by atoms with E-state index >= 15 is 0 Å². The van der Waals surface area contributed by atoms with Gasteiger partial charge in [0.1, 0.15) is 0 Å². The Kier molecular flexibility index (Phi) is 2.84. The van der Waals surface area contributed by atoms with Crippen LogP contribution in [0.25, 0.3) is 0 Å². The molecular formula is C9H5N5OS. The van der Waals surface area contributed by atoms with Gasteiger partial charge >= 0.3 is 0 Å². The maximum Gasteiger partial charge on any atom is 0.257 e. The van der Waals surface area contributed by atoms with Gasteiger partial charge in [0, 0.05) is 17.1 Å². The Bertz CT molecular complexity index is 545. The molecular weight excluding hydrogens is 226 g/mol. The van der Waals surface area contributed by atoms with Crippen molar-refractivity contribution in [2.24, 2.45) is 0 Å². The van der Waals surface area contributed by atoms with Crippen LogP contribution in [0, 0.1) is 11.3 Å². The summed E-state index contributed by atoms with van der Waals surface area (Å²) in [4.78, 5) is 11.7. The molecule has 0 aliphatic heterocycles. The minimum atomic E-state index is -0.337. The van der Waals surface area contributed by atoms with Gasteiger partial charge in [0.25, 0.3) is 5.91 Å². The fourth-order valence-corrected chi connectivity index (χ4v) is 1.44. The number of benzene rings is 1. The van der Waals surface area contributed by atoms with Gasteiger partial charge < -0.3 is 0 Å². The van der Waals surface area contributed by atoms with Crippen molar-refractivity contribution in [2.45, 2.75) is 0 Å². The lowest BCUT2D eigenvalue weighted by Crippen LogP contribution is -2.11. The maximum absolute atomic E-state index is 11.7. The van der Waals surface area contributed by atoms with E-state index in [1.165, 1.54) is 6.07 Å². The highest BCUT2D eigenvalue weighted by Gasteiger charge is 2.08. The van der Waals surface area contributed by atoms with Gasteiger partial charge in [-0.1, -0.05) is 15.7 Å². The quantitative estimate of drug-likeness (QED) is 0.834. The summed E-state index contributed by atoms with van der Waals surface area (Å²) in [7, 11) is 0. The molecule has 78 valence electrons. The first-order chi connectivity index (χ1) is 7.79. The minimum Gasteiger partial charge on any atom is -0.295 e. The van der Waals surface area contributed by atoms with Crippen molar-refractivity contribution >= 4 is 22.6 Å². The number of anilines is 1. The van der Waals surface area contributed by atoms with Crippen LogP contribution in [-0.4, -0.2) is 20.7 Å². The molecule has 1 heterocycles. The van der Waals surface area contributed by atoms with E-state index in [2.05, 4.69) is 20.1 Å². The fraction of sp³-hybridized carbons (Fsp3) is 0. The van der Waals surface area contributed by atoms with Crippen molar-refractivity contribution in [3.05, 3.63) is 35.4 Å². The second-order valence-electron chi connectivity index (χ2n) is 2.81. The molecule has 1 amide bonds. The average Bonchev–Trinajstić information content (AvgIpc) is 2.82. The van der Waals surface area contributed by atoms with Crippen molar-refractivity contribution in [3.63, 3.8) is 0 Å². The van der Waals surface area contributed by atoms with E-state index in [4.69, 9.17) is 5.26 Å². The Labute approximate surface area is 94.7 Å². The Hall–Kier alpha value is -2.33. The summed E-state index contributed by atoms with van der Waals surface area (Å²) in [5.74, 6) is -0.337. The van der Waals surface area contributed by atoms with Crippen molar-refractivity contribution in [2.75, 3.05) is 5.32 Å². The zero-order valence-corrected chi connectivity index (χ0v) is 8.73. The number of carbonyl (C=O) groups is 1. The van der Waals surface area contributed by atoms with E-state index in [9.17, 15) is 4.79 Å². The highest BCUT2D eigenvalue weighted by Crippen LogP contribution is 2.09. The lowest BCUT2D eigenvalue weighted by atomic mass is 10.1. The van der Waals surface area contributed by atoms with Gasteiger partial charge in [-0.25, -0.2) is 0 Å². The largest absolute Gasteiger partial charge is 0.295 e. The lowest BCUT2D eigenvalue weighted by Gasteiger charge is -2.00. The number of hydrogen-bond acceptors (Lipinski definition) is 6. The normalized spacial score (nSPS) is 9.44. The molecule has 0 aliphatic carbocycles. The average molecular weight is 231 g/mol. The highest BCUT2D eigenvalue weighted by atomic mass is 32.1. The van der Waals surface area contributed by atoms with Crippen LogP contribution in [0.5, 0.6) is 0 Å². The molecule has 0 atom stereocenters. The number of nitrogens with zero attached hydrogens (tertiary/aromatic N) is 4. The topological polar surface area (TPSA) is 91.6 Å². The Morgan fingerprint density at radius 2 is 2.38 bits per heavy atom. The first kappa shape index (κ1) is 10.2. The Balaban J connectivity index is 2.18. The van der Waals surface area contributed by atoms with Gasteiger partial charge in [-0.15, -0.1) is 0 Å². The zero-order valence-electron chi connectivity index (χ0n) is 7.91. The predicted molar refractivity (Wildman–Crippen MR) is 56.8 cm³/mol. The number of amides is 1. The molecule has 0 radical (unpaired) electrons. The molecule has 0 spiro atoms. The van der Waals surface area contributed by atoms with Gasteiger partial charge in [-0.2, -0.15) is 5.26 Å². The molecule has 7 heteroatoms. The van der Waals surface area contributed by atoms with E-state index in [-0.39, 0.29) is 5.91 Å². The standard InChI is InChI=1S/C9H5N5OS/c10-5-6-2-1-3-7(4-6)8(15)11-9-12-13-14-16-9/h1-4H,(H,11,12,14,15). The lowest BCUT2D eigenvalue weighted by molar-refractivity contribution is 0.102. The molecule has 6 nitrogen and oxygen atoms in total. The second-order valence-corrected chi connectivity index (χ2v) is 3.55. The van der Waals surface area contributed by atoms with Crippen LogP contribution >= 0.6 is 11.5 Å². The smallest absolute Gasteiger partial charge is 0.257 e. The van der Waals surface area contributed by atoms with E-state index in [1.54, 1.807) is 18.2 Å². The summed E-state index contributed by atoms with van der Waals surface area (Å²) in [6.07, 6.45) is 0. The molecule has 2 aromatic rings. The number of nitrogens with one attached hydrogen (secondary N) is 1.